The summed E-state index contributed by atoms with van der Waals surface area (Å²) in [6, 6.07) is 17.4. The van der Waals surface area contributed by atoms with Crippen LogP contribution in [0.1, 0.15) is 24.2 Å². The third-order valence-corrected chi connectivity index (χ3v) is 3.77. The lowest BCUT2D eigenvalue weighted by atomic mass is 10.0. The Kier molecular flexibility index (Phi) is 5.92. The Morgan fingerprint density at radius 3 is 2.00 bits per heavy atom. The molecule has 0 aliphatic carbocycles. The number of rotatable bonds is 6. The summed E-state index contributed by atoms with van der Waals surface area (Å²) in [5.74, 6) is -0.297. The van der Waals surface area contributed by atoms with E-state index in [2.05, 4.69) is 5.32 Å². The molecule has 0 aliphatic heterocycles. The zero-order valence-electron chi connectivity index (χ0n) is 13.6. The second-order valence-electron chi connectivity index (χ2n) is 5.19. The fourth-order valence-electron chi connectivity index (χ4n) is 2.39. The molecule has 4 heteroatoms. The highest BCUT2D eigenvalue weighted by atomic mass is 16.2. The first-order chi connectivity index (χ1) is 11.2. The Labute approximate surface area is 137 Å². The predicted molar refractivity (Wildman–Crippen MR) is 92.1 cm³/mol. The topological polar surface area (TPSA) is 49.4 Å². The molecule has 4 nitrogen and oxygen atoms in total. The van der Waals surface area contributed by atoms with Crippen LogP contribution in [-0.2, 0) is 4.79 Å². The number of amides is 2. The van der Waals surface area contributed by atoms with Gasteiger partial charge in [-0.05, 0) is 37.1 Å². The molecule has 0 fully saturated rings. The predicted octanol–water partition coefficient (Wildman–Crippen LogP) is 2.95. The Hall–Kier alpha value is -2.62. The maximum absolute atomic E-state index is 12.1. The van der Waals surface area contributed by atoms with Crippen LogP contribution in [0, 0.1) is 0 Å². The molecule has 0 spiro atoms. The molecular formula is C19H22N2O2. The van der Waals surface area contributed by atoms with Crippen molar-refractivity contribution >= 4 is 11.8 Å². The van der Waals surface area contributed by atoms with E-state index in [0.717, 1.165) is 11.1 Å². The van der Waals surface area contributed by atoms with E-state index in [-0.39, 0.29) is 18.4 Å². The molecule has 2 aromatic carbocycles. The smallest absolute Gasteiger partial charge is 0.251 e. The van der Waals surface area contributed by atoms with Gasteiger partial charge in [-0.2, -0.15) is 0 Å². The first-order valence-corrected chi connectivity index (χ1v) is 7.87. The van der Waals surface area contributed by atoms with E-state index in [1.165, 1.54) is 0 Å². The molecule has 0 saturated carbocycles. The highest BCUT2D eigenvalue weighted by Gasteiger charge is 2.12. The molecular weight excluding hydrogens is 288 g/mol. The standard InChI is InChI=1S/C19H22N2O2/c1-3-21(4-2)18(22)14-20-19(23)17-12-10-16(11-13-17)15-8-6-5-7-9-15/h5-13H,3-4,14H2,1-2H3,(H,20,23). The molecule has 0 unspecified atom stereocenters. The third kappa shape index (κ3) is 4.42. The van der Waals surface area contributed by atoms with Crippen molar-refractivity contribution in [1.82, 2.24) is 10.2 Å². The molecule has 0 bridgehead atoms. The van der Waals surface area contributed by atoms with Gasteiger partial charge in [0.2, 0.25) is 5.91 Å². The van der Waals surface area contributed by atoms with E-state index in [9.17, 15) is 9.59 Å². The molecule has 2 rings (SSSR count). The fourth-order valence-corrected chi connectivity index (χ4v) is 2.39. The summed E-state index contributed by atoms with van der Waals surface area (Å²) in [6.07, 6.45) is 0. The van der Waals surface area contributed by atoms with Crippen molar-refractivity contribution in [3.8, 4) is 11.1 Å². The zero-order chi connectivity index (χ0) is 16.7. The fraction of sp³-hybridized carbons (Fsp3) is 0.263. The van der Waals surface area contributed by atoms with Gasteiger partial charge in [0, 0.05) is 18.7 Å². The van der Waals surface area contributed by atoms with Crippen molar-refractivity contribution in [3.63, 3.8) is 0 Å². The highest BCUT2D eigenvalue weighted by molar-refractivity contribution is 5.96. The minimum absolute atomic E-state index is 0.0287. The van der Waals surface area contributed by atoms with Gasteiger partial charge in [-0.3, -0.25) is 9.59 Å². The Balaban J connectivity index is 1.97. The number of likely N-dealkylation sites (N-methyl/N-ethyl adjacent to an activating group) is 1. The number of nitrogens with one attached hydrogen (secondary N) is 1. The summed E-state index contributed by atoms with van der Waals surface area (Å²) in [4.78, 5) is 25.7. The maximum Gasteiger partial charge on any atom is 0.251 e. The normalized spacial score (nSPS) is 10.2. The largest absolute Gasteiger partial charge is 0.343 e. The summed E-state index contributed by atoms with van der Waals surface area (Å²) >= 11 is 0. The van der Waals surface area contributed by atoms with Crippen molar-refractivity contribution < 1.29 is 9.59 Å². The minimum atomic E-state index is -0.231. The van der Waals surface area contributed by atoms with Gasteiger partial charge in [0.15, 0.2) is 0 Å². The Morgan fingerprint density at radius 1 is 0.870 bits per heavy atom. The second-order valence-corrected chi connectivity index (χ2v) is 5.19. The SMILES string of the molecule is CCN(CC)C(=O)CNC(=O)c1ccc(-c2ccccc2)cc1. The zero-order valence-corrected chi connectivity index (χ0v) is 13.6. The van der Waals surface area contributed by atoms with Crippen LogP contribution in [-0.4, -0.2) is 36.3 Å². The molecule has 23 heavy (non-hydrogen) atoms. The van der Waals surface area contributed by atoms with Crippen LogP contribution in [0.15, 0.2) is 54.6 Å². The molecule has 0 radical (unpaired) electrons. The van der Waals surface area contributed by atoms with Crippen molar-refractivity contribution in [1.29, 1.82) is 0 Å². The average Bonchev–Trinajstić information content (AvgIpc) is 2.61. The van der Waals surface area contributed by atoms with Gasteiger partial charge in [0.1, 0.15) is 0 Å². The quantitative estimate of drug-likeness (QED) is 0.892. The first-order valence-electron chi connectivity index (χ1n) is 7.87. The molecule has 2 amide bonds. The van der Waals surface area contributed by atoms with Gasteiger partial charge in [-0.25, -0.2) is 0 Å². The van der Waals surface area contributed by atoms with E-state index in [1.54, 1.807) is 17.0 Å². The van der Waals surface area contributed by atoms with Crippen LogP contribution in [0.4, 0.5) is 0 Å². The number of hydrogen-bond donors (Lipinski definition) is 1. The number of carbonyl (C=O) groups excluding carboxylic acids is 2. The summed E-state index contributed by atoms with van der Waals surface area (Å²) in [5.41, 5.74) is 2.72. The maximum atomic E-state index is 12.1. The van der Waals surface area contributed by atoms with Gasteiger partial charge in [0.25, 0.3) is 5.91 Å². The van der Waals surface area contributed by atoms with Crippen molar-refractivity contribution in [3.05, 3.63) is 60.2 Å². The number of hydrogen-bond acceptors (Lipinski definition) is 2. The second kappa shape index (κ2) is 8.13. The molecule has 0 aromatic heterocycles. The molecule has 0 aliphatic rings. The number of carbonyl (C=O) groups is 2. The molecule has 0 heterocycles. The summed E-state index contributed by atoms with van der Waals surface area (Å²) in [5, 5.41) is 2.68. The van der Waals surface area contributed by atoms with E-state index in [4.69, 9.17) is 0 Å². The van der Waals surface area contributed by atoms with E-state index in [0.29, 0.717) is 18.7 Å². The van der Waals surface area contributed by atoms with Crippen LogP contribution in [0.3, 0.4) is 0 Å². The lowest BCUT2D eigenvalue weighted by molar-refractivity contribution is -0.129. The molecule has 1 N–H and O–H groups in total. The average molecular weight is 310 g/mol. The number of nitrogens with zero attached hydrogens (tertiary/aromatic N) is 1. The van der Waals surface area contributed by atoms with E-state index >= 15 is 0 Å². The van der Waals surface area contributed by atoms with Gasteiger partial charge >= 0.3 is 0 Å². The van der Waals surface area contributed by atoms with Gasteiger partial charge < -0.3 is 10.2 Å². The van der Waals surface area contributed by atoms with E-state index in [1.807, 2.05) is 56.3 Å². The van der Waals surface area contributed by atoms with Gasteiger partial charge in [-0.15, -0.1) is 0 Å². The Morgan fingerprint density at radius 2 is 1.43 bits per heavy atom. The van der Waals surface area contributed by atoms with Gasteiger partial charge in [0.05, 0.1) is 6.54 Å². The lowest BCUT2D eigenvalue weighted by Crippen LogP contribution is -2.39. The van der Waals surface area contributed by atoms with Crippen LogP contribution in [0.2, 0.25) is 0 Å². The van der Waals surface area contributed by atoms with Crippen LogP contribution < -0.4 is 5.32 Å². The van der Waals surface area contributed by atoms with Crippen LogP contribution in [0.5, 0.6) is 0 Å². The summed E-state index contributed by atoms with van der Waals surface area (Å²) in [6.45, 7) is 5.17. The first kappa shape index (κ1) is 16.7. The van der Waals surface area contributed by atoms with Gasteiger partial charge in [-0.1, -0.05) is 42.5 Å². The molecule has 0 saturated heterocycles. The van der Waals surface area contributed by atoms with Crippen molar-refractivity contribution in [2.24, 2.45) is 0 Å². The van der Waals surface area contributed by atoms with Crippen LogP contribution in [0.25, 0.3) is 11.1 Å². The summed E-state index contributed by atoms with van der Waals surface area (Å²) < 4.78 is 0. The third-order valence-electron chi connectivity index (χ3n) is 3.77. The van der Waals surface area contributed by atoms with E-state index < -0.39 is 0 Å². The molecule has 0 atom stereocenters. The monoisotopic (exact) mass is 310 g/mol. The minimum Gasteiger partial charge on any atom is -0.343 e. The number of benzene rings is 2. The molecule has 120 valence electrons. The van der Waals surface area contributed by atoms with Crippen molar-refractivity contribution in [2.45, 2.75) is 13.8 Å². The summed E-state index contributed by atoms with van der Waals surface area (Å²) in [7, 11) is 0. The van der Waals surface area contributed by atoms with Crippen molar-refractivity contribution in [2.75, 3.05) is 19.6 Å². The van der Waals surface area contributed by atoms with Crippen LogP contribution >= 0.6 is 0 Å². The lowest BCUT2D eigenvalue weighted by Gasteiger charge is -2.18. The molecule has 2 aromatic rings. The Bertz CT molecular complexity index is 647. The highest BCUT2D eigenvalue weighted by Crippen LogP contribution is 2.19.